The molecule has 1 radical (unpaired) electrons. The van der Waals surface area contributed by atoms with Gasteiger partial charge in [0.2, 0.25) is 0 Å². The standard InChI is InChI=1S/C12H11/c1-3-7-11(2)10-12-8-5-4-6-9-12/h1,4-10H,2H3/b11-10+. The molecule has 0 bridgehead atoms. The zero-order valence-corrected chi connectivity index (χ0v) is 7.12. The number of rotatable bonds is 2. The predicted octanol–water partition coefficient (Wildman–Crippen LogP) is 2.93. The highest BCUT2D eigenvalue weighted by Crippen LogP contribution is 2.07. The van der Waals surface area contributed by atoms with Gasteiger partial charge in [0.05, 0.1) is 6.42 Å². The molecule has 0 spiro atoms. The first-order chi connectivity index (χ1) is 5.83. The third-order valence-corrected chi connectivity index (χ3v) is 1.50. The van der Waals surface area contributed by atoms with Gasteiger partial charge in [0.1, 0.15) is 0 Å². The maximum Gasteiger partial charge on any atom is 0.0585 e. The van der Waals surface area contributed by atoms with Crippen LogP contribution in [-0.2, 0) is 0 Å². The average molecular weight is 155 g/mol. The zero-order valence-electron chi connectivity index (χ0n) is 7.12. The summed E-state index contributed by atoms with van der Waals surface area (Å²) in [5.74, 6) is 2.49. The van der Waals surface area contributed by atoms with Gasteiger partial charge in [-0.3, -0.25) is 0 Å². The number of hydrogen-bond donors (Lipinski definition) is 0. The normalized spacial score (nSPS) is 10.8. The summed E-state index contributed by atoms with van der Waals surface area (Å²) in [6.07, 6.45) is 8.95. The largest absolute Gasteiger partial charge is 0.119 e. The molecule has 1 aromatic carbocycles. The fourth-order valence-corrected chi connectivity index (χ4v) is 0.985. The molecule has 1 rings (SSSR count). The van der Waals surface area contributed by atoms with Gasteiger partial charge >= 0.3 is 0 Å². The van der Waals surface area contributed by atoms with Crippen LogP contribution in [0.1, 0.15) is 12.5 Å². The molecule has 0 unspecified atom stereocenters. The van der Waals surface area contributed by atoms with Crippen molar-refractivity contribution in [2.45, 2.75) is 6.92 Å². The van der Waals surface area contributed by atoms with E-state index in [9.17, 15) is 0 Å². The Balaban J connectivity index is 2.76. The fraction of sp³-hybridized carbons (Fsp3) is 0.0833. The van der Waals surface area contributed by atoms with Crippen molar-refractivity contribution in [3.63, 3.8) is 0 Å². The van der Waals surface area contributed by atoms with Crippen molar-refractivity contribution >= 4 is 6.08 Å². The Morgan fingerprint density at radius 3 is 2.58 bits per heavy atom. The highest BCUT2D eigenvalue weighted by molar-refractivity contribution is 5.55. The molecular formula is C12H11. The molecule has 0 nitrogen and oxygen atoms in total. The number of benzene rings is 1. The maximum atomic E-state index is 5.14. The van der Waals surface area contributed by atoms with E-state index in [-0.39, 0.29) is 0 Å². The van der Waals surface area contributed by atoms with E-state index in [0.29, 0.717) is 0 Å². The second-order valence-corrected chi connectivity index (χ2v) is 2.61. The topological polar surface area (TPSA) is 0 Å². The van der Waals surface area contributed by atoms with Crippen molar-refractivity contribution in [2.24, 2.45) is 0 Å². The minimum atomic E-state index is 1.10. The molecule has 59 valence electrons. The highest BCUT2D eigenvalue weighted by atomic mass is 13.9. The second kappa shape index (κ2) is 4.41. The Morgan fingerprint density at radius 2 is 2.00 bits per heavy atom. The third-order valence-electron chi connectivity index (χ3n) is 1.50. The third kappa shape index (κ3) is 2.64. The van der Waals surface area contributed by atoms with E-state index in [1.165, 1.54) is 5.56 Å². The van der Waals surface area contributed by atoms with Crippen molar-refractivity contribution in [3.8, 4) is 12.3 Å². The zero-order chi connectivity index (χ0) is 8.81. The molecule has 0 aromatic heterocycles. The average Bonchev–Trinajstić information content (AvgIpc) is 2.06. The summed E-state index contributed by atoms with van der Waals surface area (Å²) < 4.78 is 0. The molecule has 0 heterocycles. The number of hydrogen-bond acceptors (Lipinski definition) is 0. The van der Waals surface area contributed by atoms with E-state index in [4.69, 9.17) is 6.42 Å². The van der Waals surface area contributed by atoms with E-state index >= 15 is 0 Å². The summed E-state index contributed by atoms with van der Waals surface area (Å²) >= 11 is 0. The van der Waals surface area contributed by atoms with Crippen molar-refractivity contribution in [3.05, 3.63) is 47.9 Å². The minimum absolute atomic E-state index is 1.10. The summed E-state index contributed by atoms with van der Waals surface area (Å²) in [6, 6.07) is 10.1. The van der Waals surface area contributed by atoms with Crippen LogP contribution in [0, 0.1) is 18.8 Å². The molecule has 0 aliphatic rings. The number of allylic oxidation sites excluding steroid dienone is 1. The smallest absolute Gasteiger partial charge is 0.0585 e. The van der Waals surface area contributed by atoms with E-state index in [1.807, 2.05) is 37.3 Å². The van der Waals surface area contributed by atoms with Crippen LogP contribution in [0.3, 0.4) is 0 Å². The Bertz CT molecular complexity index is 299. The van der Waals surface area contributed by atoms with Crippen LogP contribution in [-0.4, -0.2) is 0 Å². The lowest BCUT2D eigenvalue weighted by molar-refractivity contribution is 1.49. The Morgan fingerprint density at radius 1 is 1.33 bits per heavy atom. The second-order valence-electron chi connectivity index (χ2n) is 2.61. The first-order valence-electron chi connectivity index (χ1n) is 3.85. The van der Waals surface area contributed by atoms with Crippen LogP contribution in [0.4, 0.5) is 0 Å². The van der Waals surface area contributed by atoms with Crippen molar-refractivity contribution in [2.75, 3.05) is 0 Å². The first kappa shape index (κ1) is 8.62. The molecule has 0 heteroatoms. The van der Waals surface area contributed by atoms with Gasteiger partial charge in [0, 0.05) is 0 Å². The Kier molecular flexibility index (Phi) is 3.17. The molecule has 0 N–H and O–H groups in total. The summed E-state index contributed by atoms with van der Waals surface area (Å²) in [5, 5.41) is 0. The summed E-state index contributed by atoms with van der Waals surface area (Å²) in [5.41, 5.74) is 2.28. The number of terminal acetylenes is 1. The lowest BCUT2D eigenvalue weighted by Gasteiger charge is -1.94. The summed E-state index contributed by atoms with van der Waals surface area (Å²) in [7, 11) is 0. The van der Waals surface area contributed by atoms with Crippen LogP contribution in [0.25, 0.3) is 6.08 Å². The van der Waals surface area contributed by atoms with Crippen LogP contribution < -0.4 is 0 Å². The molecule has 0 fully saturated rings. The van der Waals surface area contributed by atoms with E-state index in [2.05, 4.69) is 12.0 Å². The quantitative estimate of drug-likeness (QED) is 0.576. The molecule has 1 aromatic rings. The highest BCUT2D eigenvalue weighted by Gasteiger charge is 1.87. The molecule has 0 saturated carbocycles. The van der Waals surface area contributed by atoms with Gasteiger partial charge in [-0.25, -0.2) is 0 Å². The minimum Gasteiger partial charge on any atom is -0.119 e. The SMILES string of the molecule is C#C[CH]/C(C)=C/c1ccccc1. The van der Waals surface area contributed by atoms with Crippen LogP contribution in [0.5, 0.6) is 0 Å². The van der Waals surface area contributed by atoms with Crippen molar-refractivity contribution in [1.29, 1.82) is 0 Å². The van der Waals surface area contributed by atoms with Gasteiger partial charge in [0.25, 0.3) is 0 Å². The van der Waals surface area contributed by atoms with Crippen LogP contribution >= 0.6 is 0 Å². The van der Waals surface area contributed by atoms with Gasteiger partial charge in [-0.05, 0) is 12.5 Å². The van der Waals surface area contributed by atoms with E-state index < -0.39 is 0 Å². The monoisotopic (exact) mass is 155 g/mol. The fourth-order valence-electron chi connectivity index (χ4n) is 0.985. The van der Waals surface area contributed by atoms with Gasteiger partial charge in [-0.2, -0.15) is 0 Å². The maximum absolute atomic E-state index is 5.14. The molecular weight excluding hydrogens is 144 g/mol. The molecule has 0 atom stereocenters. The molecule has 0 amide bonds. The molecule has 0 saturated heterocycles. The van der Waals surface area contributed by atoms with Gasteiger partial charge in [-0.1, -0.05) is 47.9 Å². The molecule has 12 heavy (non-hydrogen) atoms. The first-order valence-corrected chi connectivity index (χ1v) is 3.85. The summed E-state index contributed by atoms with van der Waals surface area (Å²) in [6.45, 7) is 1.99. The lowest BCUT2D eigenvalue weighted by atomic mass is 10.1. The van der Waals surface area contributed by atoms with Crippen molar-refractivity contribution < 1.29 is 0 Å². The van der Waals surface area contributed by atoms with Crippen LogP contribution in [0.2, 0.25) is 0 Å². The predicted molar refractivity (Wildman–Crippen MR) is 53.2 cm³/mol. The van der Waals surface area contributed by atoms with Crippen molar-refractivity contribution in [1.82, 2.24) is 0 Å². The van der Waals surface area contributed by atoms with E-state index in [1.54, 1.807) is 6.42 Å². The lowest BCUT2D eigenvalue weighted by Crippen LogP contribution is -1.75. The van der Waals surface area contributed by atoms with Gasteiger partial charge < -0.3 is 0 Å². The van der Waals surface area contributed by atoms with Gasteiger partial charge in [-0.15, -0.1) is 6.42 Å². The Hall–Kier alpha value is -1.48. The molecule has 0 aliphatic heterocycles. The van der Waals surface area contributed by atoms with E-state index in [0.717, 1.165) is 5.57 Å². The summed E-state index contributed by atoms with van der Waals surface area (Å²) in [4.78, 5) is 0. The Labute approximate surface area is 73.9 Å². The van der Waals surface area contributed by atoms with Crippen LogP contribution in [0.15, 0.2) is 35.9 Å². The van der Waals surface area contributed by atoms with Gasteiger partial charge in [0.15, 0.2) is 0 Å². The molecule has 0 aliphatic carbocycles.